The van der Waals surface area contributed by atoms with Gasteiger partial charge in [0.25, 0.3) is 0 Å². The van der Waals surface area contributed by atoms with Crippen LogP contribution in [0.2, 0.25) is 5.02 Å². The van der Waals surface area contributed by atoms with E-state index in [2.05, 4.69) is 17.1 Å². The molecule has 0 aliphatic rings. The van der Waals surface area contributed by atoms with E-state index in [1.54, 1.807) is 6.07 Å². The molecule has 0 fully saturated rings. The van der Waals surface area contributed by atoms with E-state index < -0.39 is 0 Å². The van der Waals surface area contributed by atoms with Crippen molar-refractivity contribution >= 4 is 11.6 Å². The Labute approximate surface area is 101 Å². The third kappa shape index (κ3) is 4.47. The van der Waals surface area contributed by atoms with Crippen LogP contribution in [0.5, 0.6) is 0 Å². The lowest BCUT2D eigenvalue weighted by atomic mass is 10.2. The zero-order valence-electron chi connectivity index (χ0n) is 9.76. The maximum absolute atomic E-state index is 13.2. The minimum atomic E-state index is -0.348. The fourth-order valence-electron chi connectivity index (χ4n) is 1.48. The van der Waals surface area contributed by atoms with Crippen molar-refractivity contribution in [1.82, 2.24) is 10.2 Å². The second-order valence-electron chi connectivity index (χ2n) is 3.84. The molecule has 4 heteroatoms. The Kier molecular flexibility index (Phi) is 5.74. The number of halogens is 2. The Morgan fingerprint density at radius 3 is 2.81 bits per heavy atom. The van der Waals surface area contributed by atoms with Crippen LogP contribution in [0.3, 0.4) is 0 Å². The molecule has 0 amide bonds. The van der Waals surface area contributed by atoms with E-state index in [9.17, 15) is 4.39 Å². The predicted molar refractivity (Wildman–Crippen MR) is 66.3 cm³/mol. The molecule has 0 saturated heterocycles. The normalized spacial score (nSPS) is 11.1. The number of nitrogens with zero attached hydrogens (tertiary/aromatic N) is 1. The van der Waals surface area contributed by atoms with Crippen molar-refractivity contribution in [3.8, 4) is 0 Å². The summed E-state index contributed by atoms with van der Waals surface area (Å²) in [5.74, 6) is -0.348. The molecule has 90 valence electrons. The molecule has 0 radical (unpaired) electrons. The SMILES string of the molecule is CCNCCN(C)Cc1ccc(Cl)c(F)c1. The van der Waals surface area contributed by atoms with Gasteiger partial charge in [-0.05, 0) is 31.3 Å². The molecule has 0 heterocycles. The van der Waals surface area contributed by atoms with Crippen LogP contribution in [-0.4, -0.2) is 31.6 Å². The number of hydrogen-bond acceptors (Lipinski definition) is 2. The summed E-state index contributed by atoms with van der Waals surface area (Å²) in [5.41, 5.74) is 0.945. The standard InChI is InChI=1S/C12H18ClFN2/c1-3-15-6-7-16(2)9-10-4-5-11(13)12(14)8-10/h4-5,8,15H,3,6-7,9H2,1-2H3. The summed E-state index contributed by atoms with van der Waals surface area (Å²) in [6, 6.07) is 4.95. The van der Waals surface area contributed by atoms with Crippen molar-refractivity contribution < 1.29 is 4.39 Å². The van der Waals surface area contributed by atoms with Gasteiger partial charge in [0.2, 0.25) is 0 Å². The highest BCUT2D eigenvalue weighted by Gasteiger charge is 2.03. The van der Waals surface area contributed by atoms with Gasteiger partial charge in [0, 0.05) is 19.6 Å². The van der Waals surface area contributed by atoms with Crippen molar-refractivity contribution in [3.05, 3.63) is 34.6 Å². The first kappa shape index (κ1) is 13.4. The molecule has 2 nitrogen and oxygen atoms in total. The Hall–Kier alpha value is -0.640. The van der Waals surface area contributed by atoms with E-state index >= 15 is 0 Å². The fraction of sp³-hybridized carbons (Fsp3) is 0.500. The second kappa shape index (κ2) is 6.84. The van der Waals surface area contributed by atoms with E-state index in [1.165, 1.54) is 6.07 Å². The van der Waals surface area contributed by atoms with Crippen molar-refractivity contribution in [3.63, 3.8) is 0 Å². The molecule has 0 aliphatic heterocycles. The lowest BCUT2D eigenvalue weighted by Crippen LogP contribution is -2.28. The van der Waals surface area contributed by atoms with Gasteiger partial charge in [-0.3, -0.25) is 0 Å². The topological polar surface area (TPSA) is 15.3 Å². The summed E-state index contributed by atoms with van der Waals surface area (Å²) < 4.78 is 13.2. The number of likely N-dealkylation sites (N-methyl/N-ethyl adjacent to an activating group) is 2. The summed E-state index contributed by atoms with van der Waals surface area (Å²) in [7, 11) is 2.02. The molecule has 1 N–H and O–H groups in total. The maximum Gasteiger partial charge on any atom is 0.142 e. The average molecular weight is 245 g/mol. The average Bonchev–Trinajstić information content (AvgIpc) is 2.24. The highest BCUT2D eigenvalue weighted by molar-refractivity contribution is 6.30. The minimum Gasteiger partial charge on any atom is -0.316 e. The van der Waals surface area contributed by atoms with Crippen molar-refractivity contribution in [2.45, 2.75) is 13.5 Å². The van der Waals surface area contributed by atoms with Crippen LogP contribution < -0.4 is 5.32 Å². The largest absolute Gasteiger partial charge is 0.316 e. The number of nitrogens with one attached hydrogen (secondary N) is 1. The van der Waals surface area contributed by atoms with Gasteiger partial charge in [-0.25, -0.2) is 4.39 Å². The predicted octanol–water partition coefficient (Wildman–Crippen LogP) is 2.52. The van der Waals surface area contributed by atoms with E-state index in [1.807, 2.05) is 13.1 Å². The third-order valence-electron chi connectivity index (χ3n) is 2.36. The molecule has 1 rings (SSSR count). The zero-order valence-corrected chi connectivity index (χ0v) is 10.5. The van der Waals surface area contributed by atoms with Crippen LogP contribution in [-0.2, 0) is 6.54 Å². The van der Waals surface area contributed by atoms with E-state index in [0.29, 0.717) is 0 Å². The van der Waals surface area contributed by atoms with E-state index in [4.69, 9.17) is 11.6 Å². The second-order valence-corrected chi connectivity index (χ2v) is 4.25. The monoisotopic (exact) mass is 244 g/mol. The van der Waals surface area contributed by atoms with Crippen LogP contribution in [0.15, 0.2) is 18.2 Å². The van der Waals surface area contributed by atoms with E-state index in [-0.39, 0.29) is 10.8 Å². The third-order valence-corrected chi connectivity index (χ3v) is 2.66. The Balaban J connectivity index is 2.43. The van der Waals surface area contributed by atoms with E-state index in [0.717, 1.165) is 31.7 Å². The first-order valence-corrected chi connectivity index (χ1v) is 5.84. The number of hydrogen-bond donors (Lipinski definition) is 1. The van der Waals surface area contributed by atoms with Gasteiger partial charge < -0.3 is 10.2 Å². The zero-order chi connectivity index (χ0) is 12.0. The molecule has 0 spiro atoms. The number of rotatable bonds is 6. The minimum absolute atomic E-state index is 0.180. The molecule has 0 aromatic heterocycles. The fourth-order valence-corrected chi connectivity index (χ4v) is 1.59. The first-order chi connectivity index (χ1) is 7.63. The lowest BCUT2D eigenvalue weighted by molar-refractivity contribution is 0.325. The molecule has 1 aromatic rings. The Morgan fingerprint density at radius 2 is 2.19 bits per heavy atom. The summed E-state index contributed by atoms with van der Waals surface area (Å²) >= 11 is 5.62. The smallest absolute Gasteiger partial charge is 0.142 e. The maximum atomic E-state index is 13.2. The molecule has 0 bridgehead atoms. The summed E-state index contributed by atoms with van der Waals surface area (Å²) in [4.78, 5) is 2.14. The molecule has 0 atom stereocenters. The highest BCUT2D eigenvalue weighted by Crippen LogP contribution is 2.16. The van der Waals surface area contributed by atoms with Gasteiger partial charge in [-0.15, -0.1) is 0 Å². The van der Waals surface area contributed by atoms with Gasteiger partial charge >= 0.3 is 0 Å². The quantitative estimate of drug-likeness (QED) is 0.774. The summed E-state index contributed by atoms with van der Waals surface area (Å²) in [5, 5.41) is 3.43. The van der Waals surface area contributed by atoms with Gasteiger partial charge in [-0.2, -0.15) is 0 Å². The van der Waals surface area contributed by atoms with Gasteiger partial charge in [-0.1, -0.05) is 24.6 Å². The van der Waals surface area contributed by atoms with Crippen LogP contribution >= 0.6 is 11.6 Å². The van der Waals surface area contributed by atoms with Gasteiger partial charge in [0.15, 0.2) is 0 Å². The molecular formula is C12H18ClFN2. The summed E-state index contributed by atoms with van der Waals surface area (Å²) in [6.45, 7) is 5.68. The molecule has 0 unspecified atom stereocenters. The molecule has 0 saturated carbocycles. The van der Waals surface area contributed by atoms with Crippen LogP contribution in [0.1, 0.15) is 12.5 Å². The first-order valence-electron chi connectivity index (χ1n) is 5.46. The lowest BCUT2D eigenvalue weighted by Gasteiger charge is -2.16. The molecule has 16 heavy (non-hydrogen) atoms. The van der Waals surface area contributed by atoms with Crippen molar-refractivity contribution in [1.29, 1.82) is 0 Å². The van der Waals surface area contributed by atoms with Gasteiger partial charge in [0.1, 0.15) is 5.82 Å². The van der Waals surface area contributed by atoms with Crippen LogP contribution in [0, 0.1) is 5.82 Å². The van der Waals surface area contributed by atoms with Crippen LogP contribution in [0.25, 0.3) is 0 Å². The molecule has 0 aliphatic carbocycles. The molecular weight excluding hydrogens is 227 g/mol. The Morgan fingerprint density at radius 1 is 1.44 bits per heavy atom. The van der Waals surface area contributed by atoms with Gasteiger partial charge in [0.05, 0.1) is 5.02 Å². The number of benzene rings is 1. The van der Waals surface area contributed by atoms with Crippen molar-refractivity contribution in [2.75, 3.05) is 26.7 Å². The van der Waals surface area contributed by atoms with Crippen LogP contribution in [0.4, 0.5) is 4.39 Å². The highest BCUT2D eigenvalue weighted by atomic mass is 35.5. The summed E-state index contributed by atoms with van der Waals surface area (Å²) in [6.07, 6.45) is 0. The molecule has 1 aromatic carbocycles. The van der Waals surface area contributed by atoms with Crippen molar-refractivity contribution in [2.24, 2.45) is 0 Å². The Bertz CT molecular complexity index is 331.